The molecule has 0 radical (unpaired) electrons. The van der Waals surface area contributed by atoms with Crippen LogP contribution in [0, 0.1) is 20.8 Å². The molecule has 2 N–H and O–H groups in total. The molecule has 2 aromatic heterocycles. The number of piperidine rings is 1. The average molecular weight is 383 g/mol. The maximum Gasteiger partial charge on any atom is 0.222 e. The number of nitrogens with two attached hydrogens (primary N) is 1. The summed E-state index contributed by atoms with van der Waals surface area (Å²) in [6, 6.07) is 2.67. The first-order chi connectivity index (χ1) is 13.5. The molecule has 28 heavy (non-hydrogen) atoms. The third-order valence-electron chi connectivity index (χ3n) is 5.83. The third kappa shape index (κ3) is 4.01. The number of nitrogen functional groups attached to an aromatic ring is 1. The second kappa shape index (κ2) is 7.87. The molecule has 2 aromatic rings. The molecule has 8 nitrogen and oxygen atoms in total. The maximum absolute atomic E-state index is 5.82. The van der Waals surface area contributed by atoms with Crippen LogP contribution in [-0.2, 0) is 0 Å². The van der Waals surface area contributed by atoms with E-state index in [2.05, 4.69) is 29.7 Å². The maximum atomic E-state index is 5.82. The van der Waals surface area contributed by atoms with Crippen molar-refractivity contribution in [3.63, 3.8) is 0 Å². The Morgan fingerprint density at radius 3 is 2.25 bits per heavy atom. The summed E-state index contributed by atoms with van der Waals surface area (Å²) >= 11 is 0. The van der Waals surface area contributed by atoms with Crippen molar-refractivity contribution in [3.8, 4) is 0 Å². The minimum atomic E-state index is 0.364. The topological polar surface area (TPSA) is 87.3 Å². The first-order valence-corrected chi connectivity index (χ1v) is 10.1. The fraction of sp³-hybridized carbons (Fsp3) is 0.600. The highest BCUT2D eigenvalue weighted by atomic mass is 15.3. The SMILES string of the molecule is Cc1cc(N2CCC(N3CCN(c4nc(C)cnc4C)CC3)CC2)nc(N)n1. The van der Waals surface area contributed by atoms with Crippen LogP contribution >= 0.6 is 0 Å². The molecule has 150 valence electrons. The van der Waals surface area contributed by atoms with Gasteiger partial charge in [0.05, 0.1) is 11.4 Å². The van der Waals surface area contributed by atoms with Gasteiger partial charge in [0.1, 0.15) is 11.6 Å². The Bertz CT molecular complexity index is 803. The van der Waals surface area contributed by atoms with Crippen LogP contribution in [0.25, 0.3) is 0 Å². The largest absolute Gasteiger partial charge is 0.368 e. The molecule has 0 amide bonds. The zero-order valence-corrected chi connectivity index (χ0v) is 17.1. The highest BCUT2D eigenvalue weighted by molar-refractivity contribution is 5.44. The summed E-state index contributed by atoms with van der Waals surface area (Å²) in [5.41, 5.74) is 8.75. The highest BCUT2D eigenvalue weighted by Crippen LogP contribution is 2.24. The van der Waals surface area contributed by atoms with Gasteiger partial charge in [0.2, 0.25) is 5.95 Å². The average Bonchev–Trinajstić information content (AvgIpc) is 2.69. The fourth-order valence-corrected chi connectivity index (χ4v) is 4.32. The predicted molar refractivity (Wildman–Crippen MR) is 112 cm³/mol. The molecule has 0 unspecified atom stereocenters. The van der Waals surface area contributed by atoms with E-state index in [0.29, 0.717) is 12.0 Å². The second-order valence-corrected chi connectivity index (χ2v) is 7.89. The number of aromatic nitrogens is 4. The van der Waals surface area contributed by atoms with E-state index < -0.39 is 0 Å². The lowest BCUT2D eigenvalue weighted by Gasteiger charge is -2.43. The molecule has 0 spiro atoms. The molecule has 0 saturated carbocycles. The van der Waals surface area contributed by atoms with Crippen LogP contribution < -0.4 is 15.5 Å². The summed E-state index contributed by atoms with van der Waals surface area (Å²) in [5, 5.41) is 0. The van der Waals surface area contributed by atoms with E-state index >= 15 is 0 Å². The lowest BCUT2D eigenvalue weighted by atomic mass is 10.0. The number of rotatable bonds is 3. The van der Waals surface area contributed by atoms with Crippen molar-refractivity contribution < 1.29 is 0 Å². The first-order valence-electron chi connectivity index (χ1n) is 10.1. The van der Waals surface area contributed by atoms with Gasteiger partial charge in [-0.1, -0.05) is 0 Å². The Hall–Kier alpha value is -2.48. The van der Waals surface area contributed by atoms with Gasteiger partial charge in [-0.05, 0) is 33.6 Å². The molecule has 4 rings (SSSR count). The van der Waals surface area contributed by atoms with Gasteiger partial charge in [-0.3, -0.25) is 9.88 Å². The summed E-state index contributed by atoms with van der Waals surface area (Å²) < 4.78 is 0. The fourth-order valence-electron chi connectivity index (χ4n) is 4.32. The van der Waals surface area contributed by atoms with Crippen LogP contribution in [0.2, 0.25) is 0 Å². The van der Waals surface area contributed by atoms with E-state index in [0.717, 1.165) is 80.8 Å². The monoisotopic (exact) mass is 382 g/mol. The van der Waals surface area contributed by atoms with E-state index in [1.54, 1.807) is 0 Å². The van der Waals surface area contributed by atoms with E-state index in [-0.39, 0.29) is 0 Å². The number of aryl methyl sites for hydroxylation is 3. The van der Waals surface area contributed by atoms with Crippen LogP contribution in [0.5, 0.6) is 0 Å². The Balaban J connectivity index is 1.32. The molecule has 0 bridgehead atoms. The summed E-state index contributed by atoms with van der Waals surface area (Å²) in [4.78, 5) is 25.1. The molecule has 0 atom stereocenters. The molecule has 8 heteroatoms. The van der Waals surface area contributed by atoms with Crippen molar-refractivity contribution >= 4 is 17.6 Å². The van der Waals surface area contributed by atoms with Crippen LogP contribution in [-0.4, -0.2) is 70.1 Å². The molecule has 2 fully saturated rings. The van der Waals surface area contributed by atoms with Gasteiger partial charge in [0.25, 0.3) is 0 Å². The predicted octanol–water partition coefficient (Wildman–Crippen LogP) is 1.57. The third-order valence-corrected chi connectivity index (χ3v) is 5.83. The second-order valence-electron chi connectivity index (χ2n) is 7.89. The molecule has 2 saturated heterocycles. The number of nitrogens with zero attached hydrogens (tertiary/aromatic N) is 7. The molecule has 0 aliphatic carbocycles. The Morgan fingerprint density at radius 1 is 0.857 bits per heavy atom. The zero-order valence-electron chi connectivity index (χ0n) is 17.1. The molecule has 0 aromatic carbocycles. The minimum absolute atomic E-state index is 0.364. The summed E-state index contributed by atoms with van der Waals surface area (Å²) in [6.45, 7) is 12.2. The smallest absolute Gasteiger partial charge is 0.222 e. The first kappa shape index (κ1) is 18.9. The van der Waals surface area contributed by atoms with Gasteiger partial charge in [0, 0.05) is 63.3 Å². The van der Waals surface area contributed by atoms with Crippen molar-refractivity contribution in [2.24, 2.45) is 0 Å². The normalized spacial score (nSPS) is 19.2. The van der Waals surface area contributed by atoms with Gasteiger partial charge in [-0.25, -0.2) is 9.97 Å². The quantitative estimate of drug-likeness (QED) is 0.856. The molecule has 2 aliphatic rings. The van der Waals surface area contributed by atoms with Gasteiger partial charge in [-0.2, -0.15) is 4.98 Å². The number of hydrogen-bond donors (Lipinski definition) is 1. The molecule has 4 heterocycles. The van der Waals surface area contributed by atoms with Gasteiger partial charge < -0.3 is 15.5 Å². The number of hydrogen-bond acceptors (Lipinski definition) is 8. The van der Waals surface area contributed by atoms with Gasteiger partial charge >= 0.3 is 0 Å². The van der Waals surface area contributed by atoms with Crippen LogP contribution in [0.15, 0.2) is 12.3 Å². The Kier molecular flexibility index (Phi) is 5.30. The molecule has 2 aliphatic heterocycles. The summed E-state index contributed by atoms with van der Waals surface area (Å²) in [6.07, 6.45) is 4.16. The van der Waals surface area contributed by atoms with E-state index in [4.69, 9.17) is 10.7 Å². The van der Waals surface area contributed by atoms with Crippen molar-refractivity contribution in [2.45, 2.75) is 39.7 Å². The lowest BCUT2D eigenvalue weighted by molar-refractivity contribution is 0.159. The van der Waals surface area contributed by atoms with E-state index in [9.17, 15) is 0 Å². The van der Waals surface area contributed by atoms with Gasteiger partial charge in [0.15, 0.2) is 0 Å². The van der Waals surface area contributed by atoms with E-state index in [1.807, 2.05) is 33.0 Å². The Morgan fingerprint density at radius 2 is 1.57 bits per heavy atom. The molecular formula is C20H30N8. The highest BCUT2D eigenvalue weighted by Gasteiger charge is 2.29. The number of piperazine rings is 1. The van der Waals surface area contributed by atoms with Crippen LogP contribution in [0.3, 0.4) is 0 Å². The van der Waals surface area contributed by atoms with Crippen LogP contribution in [0.1, 0.15) is 29.9 Å². The lowest BCUT2D eigenvalue weighted by Crippen LogP contribution is -2.53. The van der Waals surface area contributed by atoms with Crippen molar-refractivity contribution in [1.82, 2.24) is 24.8 Å². The van der Waals surface area contributed by atoms with Crippen LogP contribution in [0.4, 0.5) is 17.6 Å². The molecular weight excluding hydrogens is 352 g/mol. The Labute approximate surface area is 166 Å². The van der Waals surface area contributed by atoms with Gasteiger partial charge in [-0.15, -0.1) is 0 Å². The van der Waals surface area contributed by atoms with Crippen molar-refractivity contribution in [1.29, 1.82) is 0 Å². The zero-order chi connectivity index (χ0) is 19.7. The van der Waals surface area contributed by atoms with Crippen molar-refractivity contribution in [3.05, 3.63) is 29.3 Å². The number of anilines is 3. The summed E-state index contributed by atoms with van der Waals surface area (Å²) in [5.74, 6) is 2.37. The van der Waals surface area contributed by atoms with Crippen molar-refractivity contribution in [2.75, 3.05) is 54.8 Å². The standard InChI is InChI=1S/C20H30N8/c1-14-12-18(25-20(21)24-14)27-6-4-17(5-7-27)26-8-10-28(11-9-26)19-16(3)22-13-15(2)23-19/h12-13,17H,4-11H2,1-3H3,(H2,21,24,25). The minimum Gasteiger partial charge on any atom is -0.368 e. The van der Waals surface area contributed by atoms with E-state index in [1.165, 1.54) is 0 Å². The summed E-state index contributed by atoms with van der Waals surface area (Å²) in [7, 11) is 0.